The van der Waals surface area contributed by atoms with Crippen LogP contribution in [0.5, 0.6) is 0 Å². The second kappa shape index (κ2) is 4.38. The average Bonchev–Trinajstić information content (AvgIpc) is 2.16. The Morgan fingerprint density at radius 2 is 2.19 bits per heavy atom. The molecule has 4 nitrogen and oxygen atoms in total. The largest absolute Gasteiger partial charge is 0.492 e. The first-order valence-corrected chi connectivity index (χ1v) is 4.38. The maximum atomic E-state index is 12.6. The number of halogens is 3. The number of alkyl halides is 3. The maximum Gasteiger partial charge on any atom is 0.435 e. The van der Waals surface area contributed by atoms with E-state index < -0.39 is 17.6 Å². The van der Waals surface area contributed by atoms with E-state index in [0.29, 0.717) is 0 Å². The lowest BCUT2D eigenvalue weighted by molar-refractivity contribution is -0.141. The molecule has 7 heteroatoms. The molecule has 1 aromatic heterocycles. The Hall–Kier alpha value is -1.79. The molecule has 0 bridgehead atoms. The van der Waals surface area contributed by atoms with Crippen molar-refractivity contribution in [2.24, 2.45) is 0 Å². The van der Waals surface area contributed by atoms with E-state index in [1.807, 2.05) is 0 Å². The summed E-state index contributed by atoms with van der Waals surface area (Å²) in [6.07, 6.45) is -3.62. The van der Waals surface area contributed by atoms with Gasteiger partial charge in [0.05, 0.1) is 12.8 Å². The minimum Gasteiger partial charge on any atom is -0.492 e. The van der Waals surface area contributed by atoms with E-state index in [2.05, 4.69) is 16.5 Å². The minimum atomic E-state index is -4.64. The molecule has 0 saturated carbocycles. The van der Waals surface area contributed by atoms with Gasteiger partial charge in [0.25, 0.3) is 0 Å². The van der Waals surface area contributed by atoms with Crippen LogP contribution < -0.4 is 5.73 Å². The van der Waals surface area contributed by atoms with Gasteiger partial charge >= 0.3 is 6.18 Å². The summed E-state index contributed by atoms with van der Waals surface area (Å²) in [7, 11) is 0. The van der Waals surface area contributed by atoms with Crippen molar-refractivity contribution in [3.05, 3.63) is 24.2 Å². The number of anilines is 1. The summed E-state index contributed by atoms with van der Waals surface area (Å²) in [5.41, 5.74) is 3.52. The van der Waals surface area contributed by atoms with Crippen LogP contribution in [0, 0.1) is 0 Å². The van der Waals surface area contributed by atoms with Gasteiger partial charge in [-0.1, -0.05) is 6.58 Å². The van der Waals surface area contributed by atoms with Crippen LogP contribution in [0.25, 0.3) is 5.76 Å². The van der Waals surface area contributed by atoms with Crippen LogP contribution in [0.2, 0.25) is 0 Å². The molecule has 2 N–H and O–H groups in total. The number of aromatic nitrogens is 2. The third-order valence-electron chi connectivity index (χ3n) is 1.64. The van der Waals surface area contributed by atoms with Gasteiger partial charge in [-0.25, -0.2) is 9.97 Å². The lowest BCUT2D eigenvalue weighted by Crippen LogP contribution is -2.15. The first-order valence-electron chi connectivity index (χ1n) is 4.38. The third-order valence-corrected chi connectivity index (χ3v) is 1.64. The van der Waals surface area contributed by atoms with Crippen LogP contribution >= 0.6 is 0 Å². The lowest BCUT2D eigenvalue weighted by atomic mass is 10.2. The number of nitrogen functional groups attached to an aromatic ring is 1. The molecule has 1 heterocycles. The van der Waals surface area contributed by atoms with E-state index in [9.17, 15) is 13.2 Å². The van der Waals surface area contributed by atoms with E-state index in [1.54, 1.807) is 6.92 Å². The highest BCUT2D eigenvalue weighted by Crippen LogP contribution is 2.32. The zero-order chi connectivity index (χ0) is 12.3. The summed E-state index contributed by atoms with van der Waals surface area (Å²) in [5.74, 6) is -0.484. The quantitative estimate of drug-likeness (QED) is 0.812. The number of hydrogen-bond donors (Lipinski definition) is 1. The summed E-state index contributed by atoms with van der Waals surface area (Å²) in [6.45, 7) is 5.18. The summed E-state index contributed by atoms with van der Waals surface area (Å²) in [5, 5.41) is 0. The van der Waals surface area contributed by atoms with Gasteiger partial charge in [-0.3, -0.25) is 0 Å². The van der Waals surface area contributed by atoms with Crippen LogP contribution in [-0.4, -0.2) is 16.6 Å². The van der Waals surface area contributed by atoms with Crippen LogP contribution in [-0.2, 0) is 10.9 Å². The highest BCUT2D eigenvalue weighted by atomic mass is 19.4. The number of rotatable bonds is 3. The van der Waals surface area contributed by atoms with Crippen LogP contribution in [0.3, 0.4) is 0 Å². The molecular formula is C9H10F3N3O. The van der Waals surface area contributed by atoms with Crippen molar-refractivity contribution in [1.29, 1.82) is 0 Å². The molecule has 1 rings (SSSR count). The number of nitrogens with zero attached hydrogens (tertiary/aromatic N) is 2. The molecule has 0 aliphatic rings. The monoisotopic (exact) mass is 233 g/mol. The van der Waals surface area contributed by atoms with Crippen molar-refractivity contribution in [2.45, 2.75) is 13.1 Å². The topological polar surface area (TPSA) is 61.0 Å². The fourth-order valence-corrected chi connectivity index (χ4v) is 1.05. The Balaban J connectivity index is 3.23. The normalized spacial score (nSPS) is 11.2. The van der Waals surface area contributed by atoms with Crippen LogP contribution in [0.4, 0.5) is 19.0 Å². The molecule has 0 unspecified atom stereocenters. The Kier molecular flexibility index (Phi) is 3.36. The number of hydrogen-bond acceptors (Lipinski definition) is 4. The van der Waals surface area contributed by atoms with Crippen LogP contribution in [0.15, 0.2) is 12.8 Å². The van der Waals surface area contributed by atoms with Gasteiger partial charge < -0.3 is 10.5 Å². The molecule has 16 heavy (non-hydrogen) atoms. The van der Waals surface area contributed by atoms with Gasteiger partial charge in [-0.15, -0.1) is 0 Å². The van der Waals surface area contributed by atoms with Crippen molar-refractivity contribution in [3.63, 3.8) is 0 Å². The molecule has 0 atom stereocenters. The van der Waals surface area contributed by atoms with Gasteiger partial charge in [-0.05, 0) is 6.92 Å². The van der Waals surface area contributed by atoms with Crippen molar-refractivity contribution in [1.82, 2.24) is 9.97 Å². The van der Waals surface area contributed by atoms with Crippen molar-refractivity contribution in [3.8, 4) is 0 Å². The third kappa shape index (κ3) is 2.62. The second-order valence-corrected chi connectivity index (χ2v) is 2.85. The van der Waals surface area contributed by atoms with E-state index in [-0.39, 0.29) is 18.2 Å². The Morgan fingerprint density at radius 3 is 2.69 bits per heavy atom. The number of ether oxygens (including phenoxy) is 1. The Morgan fingerprint density at radius 1 is 1.56 bits per heavy atom. The molecular weight excluding hydrogens is 223 g/mol. The first kappa shape index (κ1) is 12.3. The Labute approximate surface area is 90.0 Å². The van der Waals surface area contributed by atoms with Gasteiger partial charge in [-0.2, -0.15) is 13.2 Å². The zero-order valence-corrected chi connectivity index (χ0v) is 8.51. The summed E-state index contributed by atoms with van der Waals surface area (Å²) in [4.78, 5) is 6.73. The van der Waals surface area contributed by atoms with Crippen LogP contribution in [0.1, 0.15) is 18.3 Å². The molecule has 0 fully saturated rings. The predicted octanol–water partition coefficient (Wildman–Crippen LogP) is 2.08. The highest BCUT2D eigenvalue weighted by molar-refractivity contribution is 5.57. The van der Waals surface area contributed by atoms with Crippen molar-refractivity contribution in [2.75, 3.05) is 12.3 Å². The van der Waals surface area contributed by atoms with Crippen molar-refractivity contribution >= 4 is 11.6 Å². The maximum absolute atomic E-state index is 12.6. The summed E-state index contributed by atoms with van der Waals surface area (Å²) in [6, 6.07) is 0. The molecule has 88 valence electrons. The molecule has 0 amide bonds. The SMILES string of the molecule is C=C(OCC)c1ncc(N)nc1C(F)(F)F. The molecule has 0 aliphatic heterocycles. The lowest BCUT2D eigenvalue weighted by Gasteiger charge is -2.13. The number of nitrogens with two attached hydrogens (primary N) is 1. The summed E-state index contributed by atoms with van der Waals surface area (Å²) >= 11 is 0. The van der Waals surface area contributed by atoms with E-state index in [1.165, 1.54) is 0 Å². The average molecular weight is 233 g/mol. The Bertz CT molecular complexity index is 403. The fraction of sp³-hybridized carbons (Fsp3) is 0.333. The highest BCUT2D eigenvalue weighted by Gasteiger charge is 2.37. The second-order valence-electron chi connectivity index (χ2n) is 2.85. The zero-order valence-electron chi connectivity index (χ0n) is 8.51. The van der Waals surface area contributed by atoms with Gasteiger partial charge in [0.1, 0.15) is 17.3 Å². The molecule has 0 aliphatic carbocycles. The smallest absolute Gasteiger partial charge is 0.435 e. The van der Waals surface area contributed by atoms with E-state index in [0.717, 1.165) is 6.20 Å². The predicted molar refractivity (Wildman–Crippen MR) is 52.1 cm³/mol. The van der Waals surface area contributed by atoms with Gasteiger partial charge in [0, 0.05) is 0 Å². The molecule has 0 aromatic carbocycles. The first-order chi connectivity index (χ1) is 7.36. The van der Waals surface area contributed by atoms with E-state index in [4.69, 9.17) is 10.5 Å². The van der Waals surface area contributed by atoms with Gasteiger partial charge in [0.15, 0.2) is 5.69 Å². The molecule has 0 saturated heterocycles. The minimum absolute atomic E-state index is 0.178. The van der Waals surface area contributed by atoms with Crippen molar-refractivity contribution < 1.29 is 17.9 Å². The standard InChI is InChI=1S/C9H10F3N3O/c1-3-16-5(2)7-8(9(10,11)12)15-6(13)4-14-7/h4H,2-3H2,1H3,(H2,13,15). The molecule has 0 spiro atoms. The fourth-order valence-electron chi connectivity index (χ4n) is 1.05. The van der Waals surface area contributed by atoms with Gasteiger partial charge in [0.2, 0.25) is 0 Å². The summed E-state index contributed by atoms with van der Waals surface area (Å²) < 4.78 is 42.6. The van der Waals surface area contributed by atoms with E-state index >= 15 is 0 Å². The molecule has 0 radical (unpaired) electrons. The molecule has 1 aromatic rings.